The van der Waals surface area contributed by atoms with Gasteiger partial charge in [0, 0.05) is 11.0 Å². The second-order valence-electron chi connectivity index (χ2n) is 4.46. The summed E-state index contributed by atoms with van der Waals surface area (Å²) in [4.78, 5) is 13.9. The van der Waals surface area contributed by atoms with Crippen molar-refractivity contribution in [2.75, 3.05) is 0 Å². The molecule has 0 aliphatic heterocycles. The van der Waals surface area contributed by atoms with Crippen molar-refractivity contribution in [3.63, 3.8) is 0 Å². The molecule has 0 aromatic heterocycles. The molecule has 1 aromatic rings. The molecule has 1 fully saturated rings. The van der Waals surface area contributed by atoms with Gasteiger partial charge in [-0.15, -0.1) is 0 Å². The zero-order valence-corrected chi connectivity index (χ0v) is 10.6. The molecular weight excluding hydrogens is 233 g/mol. The Kier molecular flexibility index (Phi) is 4.30. The molecule has 0 saturated heterocycles. The molecule has 0 bridgehead atoms. The molecule has 3 nitrogen and oxygen atoms in total. The Morgan fingerprint density at radius 2 is 1.76 bits per heavy atom. The summed E-state index contributed by atoms with van der Waals surface area (Å²) in [5.41, 5.74) is 0.278. The second kappa shape index (κ2) is 5.95. The Hall–Kier alpha value is -1.17. The molecule has 2 rings (SSSR count). The van der Waals surface area contributed by atoms with Gasteiger partial charge in [-0.25, -0.2) is 9.79 Å². The van der Waals surface area contributed by atoms with E-state index in [2.05, 4.69) is 4.99 Å². The lowest BCUT2D eigenvalue weighted by atomic mass is 9.95. The van der Waals surface area contributed by atoms with Gasteiger partial charge in [0.15, 0.2) is 0 Å². The van der Waals surface area contributed by atoms with Crippen LogP contribution in [0.3, 0.4) is 0 Å². The van der Waals surface area contributed by atoms with Crippen molar-refractivity contribution < 1.29 is 9.36 Å². The van der Waals surface area contributed by atoms with E-state index in [-0.39, 0.29) is 11.7 Å². The Morgan fingerprint density at radius 1 is 1.12 bits per heavy atom. The zero-order valence-electron chi connectivity index (χ0n) is 9.63. The summed E-state index contributed by atoms with van der Waals surface area (Å²) in [7, 11) is -1.70. The maximum atomic E-state index is 12.3. The summed E-state index contributed by atoms with van der Waals surface area (Å²) in [6.07, 6.45) is 5.16. The summed E-state index contributed by atoms with van der Waals surface area (Å²) < 4.78 is 12.3. The molecule has 0 N–H and O–H groups in total. The van der Waals surface area contributed by atoms with Crippen LogP contribution in [0.2, 0.25) is 0 Å². The van der Waals surface area contributed by atoms with Gasteiger partial charge in [0.2, 0.25) is 6.08 Å². The van der Waals surface area contributed by atoms with Gasteiger partial charge in [0.25, 0.3) is 0 Å². The first-order valence-electron chi connectivity index (χ1n) is 5.97. The van der Waals surface area contributed by atoms with E-state index in [9.17, 15) is 9.36 Å². The number of carbonyl (C=O) groups excluding carboxylic acids is 1. The van der Waals surface area contributed by atoms with Crippen LogP contribution in [0, 0.1) is 0 Å². The van der Waals surface area contributed by atoms with Crippen molar-refractivity contribution in [2.45, 2.75) is 37.4 Å². The predicted octanol–water partition coefficient (Wildman–Crippen LogP) is 2.52. The van der Waals surface area contributed by atoms with Crippen molar-refractivity contribution in [3.05, 3.63) is 30.3 Å². The first-order valence-corrected chi connectivity index (χ1v) is 7.46. The minimum absolute atomic E-state index is 0.106. The smallest absolute Gasteiger partial charge is 0.235 e. The maximum Gasteiger partial charge on any atom is 0.235 e. The quantitative estimate of drug-likeness (QED) is 0.469. The molecular formula is C13H16NO2P. The van der Waals surface area contributed by atoms with Crippen molar-refractivity contribution in [1.82, 2.24) is 0 Å². The van der Waals surface area contributed by atoms with Gasteiger partial charge in [0.1, 0.15) is 7.80 Å². The predicted molar refractivity (Wildman–Crippen MR) is 69.2 cm³/mol. The van der Waals surface area contributed by atoms with E-state index in [1.807, 2.05) is 30.3 Å². The average molecular weight is 249 g/mol. The van der Waals surface area contributed by atoms with Gasteiger partial charge in [-0.3, -0.25) is 0 Å². The van der Waals surface area contributed by atoms with Gasteiger partial charge in [0.05, 0.1) is 6.04 Å². The second-order valence-corrected chi connectivity index (χ2v) is 6.58. The van der Waals surface area contributed by atoms with Crippen LogP contribution in [0.4, 0.5) is 0 Å². The lowest BCUT2D eigenvalue weighted by molar-refractivity contribution is 0.438. The minimum Gasteiger partial charge on any atom is -0.322 e. The number of hydrogen-bond donors (Lipinski definition) is 0. The van der Waals surface area contributed by atoms with Crippen LogP contribution in [-0.4, -0.2) is 17.8 Å². The van der Waals surface area contributed by atoms with Crippen LogP contribution in [0.5, 0.6) is 0 Å². The lowest BCUT2D eigenvalue weighted by Gasteiger charge is -2.25. The number of rotatable bonds is 3. The van der Waals surface area contributed by atoms with E-state index in [1.54, 1.807) is 6.08 Å². The van der Waals surface area contributed by atoms with Gasteiger partial charge < -0.3 is 4.57 Å². The summed E-state index contributed by atoms with van der Waals surface area (Å²) in [6.45, 7) is 0. The Labute approximate surface area is 102 Å². The number of nitrogens with zero attached hydrogens (tertiary/aromatic N) is 1. The Bertz CT molecular complexity index is 432. The van der Waals surface area contributed by atoms with Gasteiger partial charge in [-0.05, 0) is 25.7 Å². The van der Waals surface area contributed by atoms with Gasteiger partial charge in [-0.2, -0.15) is 0 Å². The third-order valence-electron chi connectivity index (χ3n) is 3.36. The topological polar surface area (TPSA) is 46.5 Å². The first-order chi connectivity index (χ1) is 8.31. The molecule has 17 heavy (non-hydrogen) atoms. The SMILES string of the molecule is O=C=NC1CCC([PH](=O)c2ccccc2)CC1. The molecule has 1 aromatic carbocycles. The Balaban J connectivity index is 1.97. The highest BCUT2D eigenvalue weighted by Crippen LogP contribution is 2.38. The number of benzene rings is 1. The third-order valence-corrected chi connectivity index (χ3v) is 5.58. The van der Waals surface area contributed by atoms with E-state index in [0.29, 0.717) is 0 Å². The van der Waals surface area contributed by atoms with Gasteiger partial charge in [-0.1, -0.05) is 30.3 Å². The molecule has 0 heterocycles. The van der Waals surface area contributed by atoms with Crippen LogP contribution in [0.25, 0.3) is 0 Å². The molecule has 0 radical (unpaired) electrons. The highest BCUT2D eigenvalue weighted by Gasteiger charge is 2.25. The molecule has 1 aliphatic rings. The largest absolute Gasteiger partial charge is 0.322 e. The fourth-order valence-electron chi connectivity index (χ4n) is 2.38. The number of isocyanates is 1. The van der Waals surface area contributed by atoms with Crippen LogP contribution in [-0.2, 0) is 9.36 Å². The molecule has 1 unspecified atom stereocenters. The summed E-state index contributed by atoms with van der Waals surface area (Å²) in [5.74, 6) is 0. The molecule has 0 spiro atoms. The average Bonchev–Trinajstić information content (AvgIpc) is 2.40. The van der Waals surface area contributed by atoms with E-state index < -0.39 is 7.80 Å². The van der Waals surface area contributed by atoms with Crippen LogP contribution < -0.4 is 5.30 Å². The van der Waals surface area contributed by atoms with Gasteiger partial charge >= 0.3 is 0 Å². The summed E-state index contributed by atoms with van der Waals surface area (Å²) in [5, 5.41) is 0.972. The summed E-state index contributed by atoms with van der Waals surface area (Å²) >= 11 is 0. The lowest BCUT2D eigenvalue weighted by Crippen LogP contribution is -2.20. The number of hydrogen-bond acceptors (Lipinski definition) is 3. The van der Waals surface area contributed by atoms with Crippen molar-refractivity contribution in [3.8, 4) is 0 Å². The molecule has 90 valence electrons. The standard InChI is InChI=1S/C13H16NO2P/c15-10-14-11-6-8-13(9-7-11)17(16)12-4-2-1-3-5-12/h1-5,11,13,17H,6-9H2. The minimum atomic E-state index is -1.70. The summed E-state index contributed by atoms with van der Waals surface area (Å²) in [6, 6.07) is 9.79. The highest BCUT2D eigenvalue weighted by molar-refractivity contribution is 7.54. The highest BCUT2D eigenvalue weighted by atomic mass is 31.1. The Morgan fingerprint density at radius 3 is 2.35 bits per heavy atom. The van der Waals surface area contributed by atoms with E-state index in [4.69, 9.17) is 0 Å². The fourth-order valence-corrected chi connectivity index (χ4v) is 4.23. The third kappa shape index (κ3) is 3.15. The van der Waals surface area contributed by atoms with Crippen molar-refractivity contribution >= 4 is 19.2 Å². The van der Waals surface area contributed by atoms with Crippen LogP contribution in [0.1, 0.15) is 25.7 Å². The molecule has 4 heteroatoms. The van der Waals surface area contributed by atoms with Crippen LogP contribution >= 0.6 is 7.80 Å². The maximum absolute atomic E-state index is 12.3. The van der Waals surface area contributed by atoms with Crippen molar-refractivity contribution in [2.24, 2.45) is 4.99 Å². The normalized spacial score (nSPS) is 25.9. The zero-order chi connectivity index (χ0) is 12.1. The first kappa shape index (κ1) is 12.3. The molecule has 1 aliphatic carbocycles. The molecule has 1 atom stereocenters. The molecule has 1 saturated carbocycles. The molecule has 0 amide bonds. The van der Waals surface area contributed by atoms with E-state index in [0.717, 1.165) is 31.0 Å². The fraction of sp³-hybridized carbons (Fsp3) is 0.462. The monoisotopic (exact) mass is 249 g/mol. The number of aliphatic imine (C=N–C) groups is 1. The van der Waals surface area contributed by atoms with Crippen LogP contribution in [0.15, 0.2) is 35.3 Å². The van der Waals surface area contributed by atoms with Crippen molar-refractivity contribution in [1.29, 1.82) is 0 Å². The van der Waals surface area contributed by atoms with E-state index >= 15 is 0 Å². The van der Waals surface area contributed by atoms with E-state index in [1.165, 1.54) is 0 Å².